The standard InChI is InChI=1S/C18H21N3O2/c1-12-5-4-6-13(2)17(12)20-18(22)21-10-9-19-15-11-14(23-3)7-8-16(15)21/h4-8,11,19H,9-10H2,1-3H3,(H,20,22). The number of para-hydroxylation sites is 1. The van der Waals surface area contributed by atoms with Gasteiger partial charge >= 0.3 is 6.03 Å². The lowest BCUT2D eigenvalue weighted by Gasteiger charge is -2.31. The molecule has 0 radical (unpaired) electrons. The number of amides is 2. The van der Waals surface area contributed by atoms with Crippen molar-refractivity contribution in [3.63, 3.8) is 0 Å². The lowest BCUT2D eigenvalue weighted by Crippen LogP contribution is -2.41. The summed E-state index contributed by atoms with van der Waals surface area (Å²) in [5.74, 6) is 0.772. The molecule has 1 aliphatic heterocycles. The van der Waals surface area contributed by atoms with Crippen LogP contribution < -0.4 is 20.3 Å². The van der Waals surface area contributed by atoms with Crippen LogP contribution in [0.25, 0.3) is 0 Å². The molecule has 1 aliphatic rings. The van der Waals surface area contributed by atoms with Gasteiger partial charge in [-0.25, -0.2) is 4.79 Å². The van der Waals surface area contributed by atoms with Crippen molar-refractivity contribution in [3.05, 3.63) is 47.5 Å². The number of carbonyl (C=O) groups is 1. The predicted octanol–water partition coefficient (Wildman–Crippen LogP) is 3.78. The molecule has 2 aromatic carbocycles. The van der Waals surface area contributed by atoms with Crippen LogP contribution in [0.15, 0.2) is 36.4 Å². The number of ether oxygens (including phenoxy) is 1. The smallest absolute Gasteiger partial charge is 0.326 e. The minimum Gasteiger partial charge on any atom is -0.497 e. The van der Waals surface area contributed by atoms with Gasteiger partial charge in [0.05, 0.1) is 18.5 Å². The third-order valence-electron chi connectivity index (χ3n) is 4.10. The monoisotopic (exact) mass is 311 g/mol. The molecule has 2 N–H and O–H groups in total. The lowest BCUT2D eigenvalue weighted by molar-refractivity contribution is 0.257. The van der Waals surface area contributed by atoms with Crippen LogP contribution in [0.2, 0.25) is 0 Å². The largest absolute Gasteiger partial charge is 0.497 e. The van der Waals surface area contributed by atoms with Crippen LogP contribution >= 0.6 is 0 Å². The highest BCUT2D eigenvalue weighted by atomic mass is 16.5. The number of urea groups is 1. The molecule has 2 aromatic rings. The summed E-state index contributed by atoms with van der Waals surface area (Å²) in [4.78, 5) is 14.5. The Morgan fingerprint density at radius 1 is 1.22 bits per heavy atom. The molecule has 23 heavy (non-hydrogen) atoms. The van der Waals surface area contributed by atoms with E-state index in [0.29, 0.717) is 13.1 Å². The summed E-state index contributed by atoms with van der Waals surface area (Å²) in [6, 6.07) is 11.6. The maximum atomic E-state index is 12.7. The molecule has 0 saturated carbocycles. The molecule has 0 aliphatic carbocycles. The number of methoxy groups -OCH3 is 1. The maximum absolute atomic E-state index is 12.7. The summed E-state index contributed by atoms with van der Waals surface area (Å²) in [6.45, 7) is 5.33. The zero-order chi connectivity index (χ0) is 16.4. The average Bonchev–Trinajstić information content (AvgIpc) is 2.57. The molecule has 5 nitrogen and oxygen atoms in total. The molecular formula is C18H21N3O2. The van der Waals surface area contributed by atoms with Crippen molar-refractivity contribution in [2.24, 2.45) is 0 Å². The van der Waals surface area contributed by atoms with Gasteiger partial charge in [0.1, 0.15) is 5.75 Å². The summed E-state index contributed by atoms with van der Waals surface area (Å²) >= 11 is 0. The van der Waals surface area contributed by atoms with Gasteiger partial charge in [-0.2, -0.15) is 0 Å². The Kier molecular flexibility index (Phi) is 4.10. The van der Waals surface area contributed by atoms with Crippen molar-refractivity contribution >= 4 is 23.1 Å². The van der Waals surface area contributed by atoms with Crippen LogP contribution in [-0.4, -0.2) is 26.2 Å². The summed E-state index contributed by atoms with van der Waals surface area (Å²) in [7, 11) is 1.63. The van der Waals surface area contributed by atoms with E-state index in [1.807, 2.05) is 50.2 Å². The zero-order valence-corrected chi connectivity index (χ0v) is 13.6. The van der Waals surface area contributed by atoms with Gasteiger partial charge in [0.15, 0.2) is 0 Å². The van der Waals surface area contributed by atoms with E-state index in [1.165, 1.54) is 0 Å². The molecule has 120 valence electrons. The molecule has 1 heterocycles. The van der Waals surface area contributed by atoms with Crippen molar-refractivity contribution in [1.29, 1.82) is 0 Å². The fourth-order valence-electron chi connectivity index (χ4n) is 2.84. The highest BCUT2D eigenvalue weighted by molar-refractivity contribution is 6.05. The fraction of sp³-hybridized carbons (Fsp3) is 0.278. The third-order valence-corrected chi connectivity index (χ3v) is 4.10. The molecule has 0 unspecified atom stereocenters. The number of anilines is 3. The third kappa shape index (κ3) is 2.95. The number of hydrogen-bond donors (Lipinski definition) is 2. The second kappa shape index (κ2) is 6.20. The number of rotatable bonds is 2. The molecule has 5 heteroatoms. The summed E-state index contributed by atoms with van der Waals surface area (Å²) in [6.07, 6.45) is 0. The molecule has 2 amide bonds. The fourth-order valence-corrected chi connectivity index (χ4v) is 2.84. The number of fused-ring (bicyclic) bond motifs is 1. The minimum atomic E-state index is -0.115. The SMILES string of the molecule is COc1ccc2c(c1)NCCN2C(=O)Nc1c(C)cccc1C. The number of nitrogens with one attached hydrogen (secondary N) is 2. The Morgan fingerprint density at radius 2 is 1.96 bits per heavy atom. The van der Waals surface area contributed by atoms with Crippen molar-refractivity contribution in [1.82, 2.24) is 0 Å². The van der Waals surface area contributed by atoms with E-state index in [9.17, 15) is 4.79 Å². The Labute approximate surface area is 136 Å². The van der Waals surface area contributed by atoms with Crippen LogP contribution in [0.5, 0.6) is 5.75 Å². The molecule has 0 fully saturated rings. The second-order valence-electron chi connectivity index (χ2n) is 5.66. The predicted molar refractivity (Wildman–Crippen MR) is 93.8 cm³/mol. The average molecular weight is 311 g/mol. The quantitative estimate of drug-likeness (QED) is 0.887. The highest BCUT2D eigenvalue weighted by Crippen LogP contribution is 2.33. The van der Waals surface area contributed by atoms with Gasteiger partial charge in [-0.3, -0.25) is 4.90 Å². The van der Waals surface area contributed by atoms with Gasteiger partial charge in [0.25, 0.3) is 0 Å². The van der Waals surface area contributed by atoms with E-state index >= 15 is 0 Å². The molecule has 0 atom stereocenters. The first-order valence-electron chi connectivity index (χ1n) is 7.67. The van der Waals surface area contributed by atoms with E-state index in [0.717, 1.165) is 33.9 Å². The summed E-state index contributed by atoms with van der Waals surface area (Å²) < 4.78 is 5.24. The second-order valence-corrected chi connectivity index (χ2v) is 5.66. The van der Waals surface area contributed by atoms with Crippen molar-refractivity contribution in [2.75, 3.05) is 35.7 Å². The molecule has 0 bridgehead atoms. The number of benzene rings is 2. The first-order valence-corrected chi connectivity index (χ1v) is 7.67. The van der Waals surface area contributed by atoms with E-state index < -0.39 is 0 Å². The van der Waals surface area contributed by atoms with Gasteiger partial charge in [-0.15, -0.1) is 0 Å². The topological polar surface area (TPSA) is 53.6 Å². The highest BCUT2D eigenvalue weighted by Gasteiger charge is 2.23. The minimum absolute atomic E-state index is 0.115. The number of aryl methyl sites for hydroxylation is 2. The van der Waals surface area contributed by atoms with Crippen LogP contribution in [0.3, 0.4) is 0 Å². The first-order chi connectivity index (χ1) is 11.1. The Hall–Kier alpha value is -2.69. The Morgan fingerprint density at radius 3 is 2.65 bits per heavy atom. The molecular weight excluding hydrogens is 290 g/mol. The van der Waals surface area contributed by atoms with Crippen LogP contribution in [0, 0.1) is 13.8 Å². The van der Waals surface area contributed by atoms with E-state index in [4.69, 9.17) is 4.74 Å². The molecule has 0 saturated heterocycles. The number of carbonyl (C=O) groups excluding carboxylic acids is 1. The van der Waals surface area contributed by atoms with E-state index in [2.05, 4.69) is 10.6 Å². The van der Waals surface area contributed by atoms with Gasteiger partial charge in [0, 0.05) is 24.8 Å². The van der Waals surface area contributed by atoms with E-state index in [1.54, 1.807) is 12.0 Å². The van der Waals surface area contributed by atoms with Crippen LogP contribution in [-0.2, 0) is 0 Å². The van der Waals surface area contributed by atoms with Crippen molar-refractivity contribution in [2.45, 2.75) is 13.8 Å². The number of hydrogen-bond acceptors (Lipinski definition) is 3. The van der Waals surface area contributed by atoms with Crippen LogP contribution in [0.4, 0.5) is 21.9 Å². The normalized spacial score (nSPS) is 13.1. The summed E-state index contributed by atoms with van der Waals surface area (Å²) in [5, 5.41) is 6.35. The molecule has 0 aromatic heterocycles. The Balaban J connectivity index is 1.87. The summed E-state index contributed by atoms with van der Waals surface area (Å²) in [5.41, 5.74) is 4.77. The van der Waals surface area contributed by atoms with Gasteiger partial charge in [-0.1, -0.05) is 18.2 Å². The maximum Gasteiger partial charge on any atom is 0.326 e. The molecule has 0 spiro atoms. The molecule has 3 rings (SSSR count). The van der Waals surface area contributed by atoms with Crippen molar-refractivity contribution < 1.29 is 9.53 Å². The lowest BCUT2D eigenvalue weighted by atomic mass is 10.1. The van der Waals surface area contributed by atoms with Crippen molar-refractivity contribution in [3.8, 4) is 5.75 Å². The Bertz CT molecular complexity index is 723. The zero-order valence-electron chi connectivity index (χ0n) is 13.6. The van der Waals surface area contributed by atoms with Gasteiger partial charge in [0.2, 0.25) is 0 Å². The van der Waals surface area contributed by atoms with Crippen LogP contribution in [0.1, 0.15) is 11.1 Å². The van der Waals surface area contributed by atoms with E-state index in [-0.39, 0.29) is 6.03 Å². The van der Waals surface area contributed by atoms with Gasteiger partial charge < -0.3 is 15.4 Å². The first kappa shape index (κ1) is 15.2. The van der Waals surface area contributed by atoms with Gasteiger partial charge in [-0.05, 0) is 37.1 Å². The number of nitrogens with zero attached hydrogens (tertiary/aromatic N) is 1.